The summed E-state index contributed by atoms with van der Waals surface area (Å²) in [6.45, 7) is -0.192. The molecule has 0 fully saturated rings. The van der Waals surface area contributed by atoms with E-state index in [1.165, 1.54) is 11.1 Å². The molecule has 0 aliphatic heterocycles. The lowest BCUT2D eigenvalue weighted by atomic mass is 9.77. The Hall–Kier alpha value is -1.72. The van der Waals surface area contributed by atoms with Crippen LogP contribution in [0.15, 0.2) is 28.8 Å². The van der Waals surface area contributed by atoms with Gasteiger partial charge in [0.25, 0.3) is 0 Å². The lowest BCUT2D eigenvalue weighted by Crippen LogP contribution is -2.20. The monoisotopic (exact) mass is 231 g/mol. The number of fused-ring (bicyclic) bond motifs is 1. The van der Waals surface area contributed by atoms with Gasteiger partial charge in [-0.2, -0.15) is 4.98 Å². The number of nitrogens with two attached hydrogens (primary N) is 1. The predicted octanol–water partition coefficient (Wildman–Crippen LogP) is 0.750. The van der Waals surface area contributed by atoms with E-state index in [0.717, 1.165) is 6.42 Å². The van der Waals surface area contributed by atoms with Gasteiger partial charge in [-0.15, -0.1) is 0 Å². The minimum Gasteiger partial charge on any atom is -0.394 e. The molecule has 0 spiro atoms. The van der Waals surface area contributed by atoms with Gasteiger partial charge in [-0.3, -0.25) is 0 Å². The van der Waals surface area contributed by atoms with Crippen LogP contribution in [0.3, 0.4) is 0 Å². The van der Waals surface area contributed by atoms with Crippen LogP contribution in [0, 0.1) is 0 Å². The molecule has 0 saturated carbocycles. The highest BCUT2D eigenvalue weighted by Gasteiger charge is 2.31. The number of hydrogen-bond acceptors (Lipinski definition) is 5. The Labute approximate surface area is 98.3 Å². The van der Waals surface area contributed by atoms with Gasteiger partial charge in [-0.25, -0.2) is 0 Å². The number of aliphatic hydroxyl groups excluding tert-OH is 1. The lowest BCUT2D eigenvalue weighted by Gasteiger charge is -2.27. The van der Waals surface area contributed by atoms with Gasteiger partial charge in [0, 0.05) is 0 Å². The molecule has 3 rings (SSSR count). The van der Waals surface area contributed by atoms with E-state index in [2.05, 4.69) is 22.3 Å². The molecule has 2 atom stereocenters. The summed E-state index contributed by atoms with van der Waals surface area (Å²) in [5, 5.41) is 12.8. The number of rotatable bonds is 3. The predicted molar refractivity (Wildman–Crippen MR) is 60.3 cm³/mol. The van der Waals surface area contributed by atoms with Crippen molar-refractivity contribution in [2.45, 2.75) is 18.4 Å². The highest BCUT2D eigenvalue weighted by atomic mass is 16.5. The van der Waals surface area contributed by atoms with E-state index < -0.39 is 6.04 Å². The molecule has 88 valence electrons. The van der Waals surface area contributed by atoms with Crippen LogP contribution >= 0.6 is 0 Å². The van der Waals surface area contributed by atoms with Gasteiger partial charge in [-0.05, 0) is 17.5 Å². The fraction of sp³-hybridized carbons (Fsp3) is 0.333. The first kappa shape index (κ1) is 10.4. The molecule has 1 unspecified atom stereocenters. The second kappa shape index (κ2) is 3.94. The summed E-state index contributed by atoms with van der Waals surface area (Å²) in [4.78, 5) is 4.24. The van der Waals surface area contributed by atoms with E-state index in [1.807, 2.05) is 12.1 Å². The number of hydrogen-bond donors (Lipinski definition) is 2. The molecule has 5 nitrogen and oxygen atoms in total. The molecule has 3 N–H and O–H groups in total. The van der Waals surface area contributed by atoms with Crippen LogP contribution in [0.2, 0.25) is 0 Å². The quantitative estimate of drug-likeness (QED) is 0.814. The van der Waals surface area contributed by atoms with E-state index in [9.17, 15) is 0 Å². The van der Waals surface area contributed by atoms with Crippen molar-refractivity contribution in [3.05, 3.63) is 47.1 Å². The SMILES string of the molecule is N[C@H](CO)c1nc(C2Cc3ccccc32)no1. The van der Waals surface area contributed by atoms with Crippen molar-refractivity contribution in [2.75, 3.05) is 6.61 Å². The largest absolute Gasteiger partial charge is 0.394 e. The highest BCUT2D eigenvalue weighted by Crippen LogP contribution is 2.38. The molecule has 0 saturated heterocycles. The van der Waals surface area contributed by atoms with E-state index in [1.54, 1.807) is 0 Å². The fourth-order valence-electron chi connectivity index (χ4n) is 2.11. The average molecular weight is 231 g/mol. The van der Waals surface area contributed by atoms with Crippen molar-refractivity contribution in [3.8, 4) is 0 Å². The summed E-state index contributed by atoms with van der Waals surface area (Å²) in [5.74, 6) is 1.16. The van der Waals surface area contributed by atoms with Crippen LogP contribution in [0.25, 0.3) is 0 Å². The van der Waals surface area contributed by atoms with Crippen molar-refractivity contribution in [3.63, 3.8) is 0 Å². The maximum absolute atomic E-state index is 8.91. The second-order valence-electron chi connectivity index (χ2n) is 4.24. The van der Waals surface area contributed by atoms with Crippen molar-refractivity contribution < 1.29 is 9.63 Å². The standard InChI is InChI=1S/C12H13N3O2/c13-10(6-16)12-14-11(15-17-12)9-5-7-3-1-2-4-8(7)9/h1-4,9-10,16H,5-6,13H2/t9?,10-/m1/s1. The van der Waals surface area contributed by atoms with Crippen LogP contribution < -0.4 is 5.73 Å². The Morgan fingerprint density at radius 1 is 1.47 bits per heavy atom. The molecule has 2 aromatic rings. The van der Waals surface area contributed by atoms with Gasteiger partial charge in [0.15, 0.2) is 5.82 Å². The molecule has 1 aliphatic carbocycles. The van der Waals surface area contributed by atoms with E-state index in [0.29, 0.717) is 11.7 Å². The topological polar surface area (TPSA) is 85.2 Å². The molecule has 1 aromatic heterocycles. The third-order valence-electron chi connectivity index (χ3n) is 3.14. The number of benzene rings is 1. The average Bonchev–Trinajstić information content (AvgIpc) is 2.79. The summed E-state index contributed by atoms with van der Waals surface area (Å²) >= 11 is 0. The van der Waals surface area contributed by atoms with Gasteiger partial charge in [0.05, 0.1) is 12.5 Å². The second-order valence-corrected chi connectivity index (χ2v) is 4.24. The first-order chi connectivity index (χ1) is 8.29. The van der Waals surface area contributed by atoms with Crippen LogP contribution in [-0.4, -0.2) is 21.9 Å². The molecular weight excluding hydrogens is 218 g/mol. The Morgan fingerprint density at radius 3 is 3.06 bits per heavy atom. The normalized spacial score (nSPS) is 19.5. The van der Waals surface area contributed by atoms with Crippen molar-refractivity contribution in [2.24, 2.45) is 5.73 Å². The van der Waals surface area contributed by atoms with Crippen molar-refractivity contribution in [1.29, 1.82) is 0 Å². The van der Waals surface area contributed by atoms with Gasteiger partial charge in [-0.1, -0.05) is 29.4 Å². The number of aromatic nitrogens is 2. The zero-order valence-electron chi connectivity index (χ0n) is 9.21. The highest BCUT2D eigenvalue weighted by molar-refractivity contribution is 5.43. The van der Waals surface area contributed by atoms with Crippen LogP contribution in [-0.2, 0) is 6.42 Å². The van der Waals surface area contributed by atoms with E-state index in [-0.39, 0.29) is 12.5 Å². The zero-order valence-corrected chi connectivity index (χ0v) is 9.21. The molecular formula is C12H13N3O2. The Balaban J connectivity index is 1.86. The van der Waals surface area contributed by atoms with Crippen LogP contribution in [0.5, 0.6) is 0 Å². The van der Waals surface area contributed by atoms with Gasteiger partial charge in [0.1, 0.15) is 6.04 Å². The van der Waals surface area contributed by atoms with Crippen LogP contribution in [0.4, 0.5) is 0 Å². The molecule has 5 heteroatoms. The van der Waals surface area contributed by atoms with Gasteiger partial charge >= 0.3 is 0 Å². The Kier molecular flexibility index (Phi) is 2.42. The molecule has 0 bridgehead atoms. The van der Waals surface area contributed by atoms with Crippen LogP contribution in [0.1, 0.15) is 34.8 Å². The van der Waals surface area contributed by atoms with Gasteiger partial charge in [0.2, 0.25) is 5.89 Å². The maximum Gasteiger partial charge on any atom is 0.245 e. The zero-order chi connectivity index (χ0) is 11.8. The maximum atomic E-state index is 8.91. The summed E-state index contributed by atoms with van der Waals surface area (Å²) in [6.07, 6.45) is 0.934. The lowest BCUT2D eigenvalue weighted by molar-refractivity contribution is 0.236. The molecule has 0 amide bonds. The number of aliphatic hydroxyl groups is 1. The first-order valence-electron chi connectivity index (χ1n) is 5.57. The van der Waals surface area contributed by atoms with E-state index in [4.69, 9.17) is 15.4 Å². The van der Waals surface area contributed by atoms with E-state index >= 15 is 0 Å². The summed E-state index contributed by atoms with van der Waals surface area (Å²) in [6, 6.07) is 7.62. The summed E-state index contributed by atoms with van der Waals surface area (Å²) in [7, 11) is 0. The third kappa shape index (κ3) is 1.64. The van der Waals surface area contributed by atoms with Crippen molar-refractivity contribution >= 4 is 0 Å². The molecule has 1 aliphatic rings. The minimum absolute atomic E-state index is 0.192. The summed E-state index contributed by atoms with van der Waals surface area (Å²) < 4.78 is 5.04. The number of nitrogens with zero attached hydrogens (tertiary/aromatic N) is 2. The molecule has 1 aromatic carbocycles. The molecule has 1 heterocycles. The minimum atomic E-state index is -0.591. The summed E-state index contributed by atoms with van der Waals surface area (Å²) in [5.41, 5.74) is 8.19. The third-order valence-corrected chi connectivity index (χ3v) is 3.14. The van der Waals surface area contributed by atoms with Gasteiger partial charge < -0.3 is 15.4 Å². The Bertz CT molecular complexity index is 538. The smallest absolute Gasteiger partial charge is 0.245 e. The first-order valence-corrected chi connectivity index (χ1v) is 5.57. The molecule has 0 radical (unpaired) electrons. The Morgan fingerprint density at radius 2 is 2.29 bits per heavy atom. The fourth-order valence-corrected chi connectivity index (χ4v) is 2.11. The van der Waals surface area contributed by atoms with Crippen molar-refractivity contribution in [1.82, 2.24) is 10.1 Å². The molecule has 17 heavy (non-hydrogen) atoms.